The molecule has 0 radical (unpaired) electrons. The van der Waals surface area contributed by atoms with Crippen molar-refractivity contribution in [3.8, 4) is 11.7 Å². The van der Waals surface area contributed by atoms with Gasteiger partial charge < -0.3 is 4.74 Å². The van der Waals surface area contributed by atoms with E-state index in [0.717, 1.165) is 12.4 Å². The number of ether oxygens (including phenoxy) is 1. The number of alkyl halides is 4. The molecule has 0 aliphatic carbocycles. The van der Waals surface area contributed by atoms with Crippen LogP contribution in [-0.2, 0) is 0 Å². The first-order chi connectivity index (χ1) is 9.76. The highest BCUT2D eigenvalue weighted by Crippen LogP contribution is 2.23. The number of rotatable bonds is 4. The smallest absolute Gasteiger partial charge is 0.422 e. The molecule has 21 heavy (non-hydrogen) atoms. The molecule has 0 bridgehead atoms. The fraction of sp³-hybridized carbons (Fsp3) is 0.400. The molecule has 2 aromatic rings. The van der Waals surface area contributed by atoms with Crippen molar-refractivity contribution < 1.29 is 17.9 Å². The lowest BCUT2D eigenvalue weighted by Gasteiger charge is -2.09. The van der Waals surface area contributed by atoms with E-state index in [1.165, 1.54) is 4.68 Å². The molecule has 2 aromatic heterocycles. The fourth-order valence-electron chi connectivity index (χ4n) is 1.36. The van der Waals surface area contributed by atoms with Crippen LogP contribution in [0.25, 0.3) is 5.95 Å². The molecule has 0 aliphatic rings. The minimum atomic E-state index is -4.41. The van der Waals surface area contributed by atoms with Crippen LogP contribution in [0.2, 0.25) is 0 Å². The maximum absolute atomic E-state index is 12.0. The van der Waals surface area contributed by atoms with Crippen LogP contribution in [0.3, 0.4) is 0 Å². The van der Waals surface area contributed by atoms with E-state index in [-0.39, 0.29) is 16.5 Å². The van der Waals surface area contributed by atoms with E-state index in [0.29, 0.717) is 10.6 Å². The van der Waals surface area contributed by atoms with Gasteiger partial charge in [-0.1, -0.05) is 15.9 Å². The van der Waals surface area contributed by atoms with Gasteiger partial charge in [-0.15, -0.1) is 5.10 Å². The second-order valence-corrected chi connectivity index (χ2v) is 5.97. The number of aromatic nitrogens is 5. The van der Waals surface area contributed by atoms with Gasteiger partial charge in [-0.3, -0.25) is 0 Å². The van der Waals surface area contributed by atoms with Crippen molar-refractivity contribution in [1.29, 1.82) is 0 Å². The molecule has 0 aromatic carbocycles. The van der Waals surface area contributed by atoms with Crippen LogP contribution in [0.1, 0.15) is 17.6 Å². The molecule has 0 saturated heterocycles. The Hall–Kier alpha value is -1.23. The van der Waals surface area contributed by atoms with E-state index in [1.54, 1.807) is 0 Å². The van der Waals surface area contributed by atoms with Crippen molar-refractivity contribution >= 4 is 31.9 Å². The molecule has 2 rings (SSSR count). The van der Waals surface area contributed by atoms with Crippen LogP contribution in [-0.4, -0.2) is 37.5 Å². The third-order valence-electron chi connectivity index (χ3n) is 2.17. The van der Waals surface area contributed by atoms with Gasteiger partial charge in [0.25, 0.3) is 5.95 Å². The molecule has 0 aliphatic heterocycles. The summed E-state index contributed by atoms with van der Waals surface area (Å²) in [6.07, 6.45) is -2.12. The Morgan fingerprint density at radius 1 is 1.33 bits per heavy atom. The van der Waals surface area contributed by atoms with Crippen LogP contribution < -0.4 is 4.74 Å². The topological polar surface area (TPSA) is 65.7 Å². The predicted molar refractivity (Wildman–Crippen MR) is 73.5 cm³/mol. The summed E-state index contributed by atoms with van der Waals surface area (Å²) in [6.45, 7) is 0.446. The quantitative estimate of drug-likeness (QED) is 0.697. The summed E-state index contributed by atoms with van der Waals surface area (Å²) < 4.78 is 42.3. The van der Waals surface area contributed by atoms with Crippen molar-refractivity contribution in [1.82, 2.24) is 24.7 Å². The molecule has 11 heteroatoms. The minimum Gasteiger partial charge on any atom is -0.481 e. The zero-order valence-electron chi connectivity index (χ0n) is 10.5. The standard InChI is InChI=1S/C10H8Br2F3N5O/c1-5(11)7-18-8(12)19-20(7)9-16-2-6(3-17-9)21-4-10(13,14)15/h2-3,5H,4H2,1H3. The van der Waals surface area contributed by atoms with Gasteiger partial charge in [0.05, 0.1) is 17.2 Å². The largest absolute Gasteiger partial charge is 0.481 e. The maximum Gasteiger partial charge on any atom is 0.422 e. The van der Waals surface area contributed by atoms with Crippen LogP contribution in [0.15, 0.2) is 17.1 Å². The summed E-state index contributed by atoms with van der Waals surface area (Å²) >= 11 is 6.50. The monoisotopic (exact) mass is 429 g/mol. The average molecular weight is 431 g/mol. The molecule has 6 nitrogen and oxygen atoms in total. The molecule has 1 unspecified atom stereocenters. The Kier molecular flexibility index (Phi) is 4.81. The summed E-state index contributed by atoms with van der Waals surface area (Å²) in [5.74, 6) is 0.642. The molecule has 0 fully saturated rings. The lowest BCUT2D eigenvalue weighted by Crippen LogP contribution is -2.19. The molecule has 0 amide bonds. The zero-order valence-corrected chi connectivity index (χ0v) is 13.6. The van der Waals surface area contributed by atoms with Crippen molar-refractivity contribution in [2.24, 2.45) is 0 Å². The Bertz CT molecular complexity index is 614. The first-order valence-electron chi connectivity index (χ1n) is 5.55. The van der Waals surface area contributed by atoms with Crippen LogP contribution in [0, 0.1) is 0 Å². The van der Waals surface area contributed by atoms with Gasteiger partial charge in [0, 0.05) is 0 Å². The highest BCUT2D eigenvalue weighted by molar-refractivity contribution is 9.10. The second kappa shape index (κ2) is 6.26. The number of nitrogens with zero attached hydrogens (tertiary/aromatic N) is 5. The Balaban J connectivity index is 2.19. The average Bonchev–Trinajstić information content (AvgIpc) is 2.78. The summed E-state index contributed by atoms with van der Waals surface area (Å²) in [4.78, 5) is 11.9. The van der Waals surface area contributed by atoms with Crippen molar-refractivity contribution in [3.05, 3.63) is 23.0 Å². The van der Waals surface area contributed by atoms with Gasteiger partial charge in [0.15, 0.2) is 12.4 Å². The minimum absolute atomic E-state index is 0.0799. The zero-order chi connectivity index (χ0) is 15.6. The number of hydrogen-bond donors (Lipinski definition) is 0. The molecule has 114 valence electrons. The highest BCUT2D eigenvalue weighted by Gasteiger charge is 2.28. The molecule has 0 saturated carbocycles. The van der Waals surface area contributed by atoms with Gasteiger partial charge in [-0.05, 0) is 22.9 Å². The Morgan fingerprint density at radius 2 is 1.95 bits per heavy atom. The molecule has 0 N–H and O–H groups in total. The van der Waals surface area contributed by atoms with Gasteiger partial charge in [-0.2, -0.15) is 17.9 Å². The second-order valence-electron chi connectivity index (χ2n) is 3.89. The van der Waals surface area contributed by atoms with Crippen molar-refractivity contribution in [2.75, 3.05) is 6.61 Å². The lowest BCUT2D eigenvalue weighted by molar-refractivity contribution is -0.153. The van der Waals surface area contributed by atoms with E-state index < -0.39 is 12.8 Å². The van der Waals surface area contributed by atoms with Gasteiger partial charge in [-0.25, -0.2) is 15.0 Å². The number of hydrogen-bond acceptors (Lipinski definition) is 5. The number of halogens is 5. The molecule has 2 heterocycles. The van der Waals surface area contributed by atoms with E-state index in [4.69, 9.17) is 0 Å². The normalized spacial score (nSPS) is 13.2. The lowest BCUT2D eigenvalue weighted by atomic mass is 10.4. The third kappa shape index (κ3) is 4.37. The predicted octanol–water partition coefficient (Wildman–Crippen LogP) is 3.22. The molecule has 1 atom stereocenters. The summed E-state index contributed by atoms with van der Waals surface area (Å²) in [5.41, 5.74) is 0. The Morgan fingerprint density at radius 3 is 2.48 bits per heavy atom. The summed E-state index contributed by atoms with van der Waals surface area (Å²) in [7, 11) is 0. The van der Waals surface area contributed by atoms with Crippen molar-refractivity contribution in [3.63, 3.8) is 0 Å². The fourth-order valence-corrected chi connectivity index (χ4v) is 2.00. The summed E-state index contributed by atoms with van der Waals surface area (Å²) in [6, 6.07) is 0. The van der Waals surface area contributed by atoms with E-state index in [2.05, 4.69) is 56.6 Å². The van der Waals surface area contributed by atoms with Crippen molar-refractivity contribution in [2.45, 2.75) is 17.9 Å². The summed E-state index contributed by atoms with van der Waals surface area (Å²) in [5, 5.41) is 4.06. The molecular weight excluding hydrogens is 423 g/mol. The van der Waals surface area contributed by atoms with E-state index in [9.17, 15) is 13.2 Å². The van der Waals surface area contributed by atoms with E-state index in [1.807, 2.05) is 6.92 Å². The maximum atomic E-state index is 12.0. The van der Waals surface area contributed by atoms with Gasteiger partial charge in [0.2, 0.25) is 4.73 Å². The van der Waals surface area contributed by atoms with Crippen LogP contribution in [0.5, 0.6) is 5.75 Å². The molecular formula is C10H8Br2F3N5O. The third-order valence-corrected chi connectivity index (χ3v) is 2.91. The first kappa shape index (κ1) is 16.1. The SMILES string of the molecule is CC(Br)c1nc(Br)nn1-c1ncc(OCC(F)(F)F)cn1. The first-order valence-corrected chi connectivity index (χ1v) is 7.25. The highest BCUT2D eigenvalue weighted by atomic mass is 79.9. The van der Waals surface area contributed by atoms with E-state index >= 15 is 0 Å². The van der Waals surface area contributed by atoms with Gasteiger partial charge >= 0.3 is 6.18 Å². The van der Waals surface area contributed by atoms with Gasteiger partial charge in [0.1, 0.15) is 5.82 Å². The van der Waals surface area contributed by atoms with Crippen LogP contribution in [0.4, 0.5) is 13.2 Å². The molecule has 0 spiro atoms. The Labute approximate surface area is 134 Å². The van der Waals surface area contributed by atoms with Crippen LogP contribution >= 0.6 is 31.9 Å².